The van der Waals surface area contributed by atoms with Crippen LogP contribution in [0.1, 0.15) is 47.0 Å². The van der Waals surface area contributed by atoms with Crippen LogP contribution in [-0.4, -0.2) is 35.2 Å². The van der Waals surface area contributed by atoms with Gasteiger partial charge in [0.25, 0.3) is 5.56 Å². The van der Waals surface area contributed by atoms with Crippen LogP contribution in [0, 0.1) is 0 Å². The first kappa shape index (κ1) is 21.2. The summed E-state index contributed by atoms with van der Waals surface area (Å²) in [6.45, 7) is 2.03. The zero-order valence-corrected chi connectivity index (χ0v) is 17.1. The third kappa shape index (κ3) is 4.56. The number of nitrogens with zero attached hydrogens (tertiary/aromatic N) is 2. The maximum atomic E-state index is 12.8. The van der Waals surface area contributed by atoms with E-state index in [4.69, 9.17) is 9.47 Å². The molecule has 0 unspecified atom stereocenters. The molecule has 7 nitrogen and oxygen atoms in total. The molecule has 0 saturated heterocycles. The van der Waals surface area contributed by atoms with Crippen LogP contribution in [-0.2, 0) is 11.3 Å². The summed E-state index contributed by atoms with van der Waals surface area (Å²) in [5.74, 6) is -0.730. The van der Waals surface area contributed by atoms with E-state index >= 15 is 0 Å². The molecule has 3 rings (SSSR count). The number of fused-ring (bicyclic) bond motifs is 1. The number of aromatic nitrogens is 2. The maximum Gasteiger partial charge on any atom is 0.359 e. The van der Waals surface area contributed by atoms with Crippen molar-refractivity contribution >= 4 is 22.5 Å². The van der Waals surface area contributed by atoms with Gasteiger partial charge in [-0.15, -0.1) is 0 Å². The van der Waals surface area contributed by atoms with E-state index in [0.29, 0.717) is 28.6 Å². The molecule has 0 saturated carbocycles. The van der Waals surface area contributed by atoms with Crippen molar-refractivity contribution in [1.82, 2.24) is 9.78 Å². The highest BCUT2D eigenvalue weighted by molar-refractivity contribution is 6.04. The largest absolute Gasteiger partial charge is 0.496 e. The molecule has 0 spiro atoms. The molecule has 2 aromatic carbocycles. The molecule has 0 bridgehead atoms. The normalized spacial score (nSPS) is 10.7. The lowest BCUT2D eigenvalue weighted by molar-refractivity contribution is 0.0467. The van der Waals surface area contributed by atoms with Crippen molar-refractivity contribution in [2.45, 2.75) is 32.7 Å². The standard InChI is InChI=1S/C23H24N2O5/c1-3-4-9-14-25-22(27)17-11-6-5-10-16(17)21(24-25)23(28)30-15-19(26)18-12-7-8-13-20(18)29-2/h5-8,10-13H,3-4,9,14-15H2,1-2H3. The number of Topliss-reactive ketones (excluding diaryl/α,β-unsaturated/α-hetero) is 1. The third-order valence-corrected chi connectivity index (χ3v) is 4.78. The molecule has 0 aliphatic rings. The molecule has 0 fully saturated rings. The number of carbonyl (C=O) groups is 2. The Morgan fingerprint density at radius 3 is 2.43 bits per heavy atom. The minimum atomic E-state index is -0.751. The molecule has 156 valence electrons. The van der Waals surface area contributed by atoms with E-state index in [-0.39, 0.29) is 17.0 Å². The number of ketones is 1. The lowest BCUT2D eigenvalue weighted by Crippen LogP contribution is -2.27. The first-order valence-corrected chi connectivity index (χ1v) is 9.90. The number of aryl methyl sites for hydroxylation is 1. The number of benzene rings is 2. The van der Waals surface area contributed by atoms with Crippen LogP contribution in [0.4, 0.5) is 0 Å². The van der Waals surface area contributed by atoms with Gasteiger partial charge in [0, 0.05) is 11.9 Å². The second-order valence-electron chi connectivity index (χ2n) is 6.83. The fraction of sp³-hybridized carbons (Fsp3) is 0.304. The summed E-state index contributed by atoms with van der Waals surface area (Å²) in [4.78, 5) is 37.9. The molecule has 30 heavy (non-hydrogen) atoms. The van der Waals surface area contributed by atoms with Crippen LogP contribution in [0.25, 0.3) is 10.8 Å². The highest BCUT2D eigenvalue weighted by atomic mass is 16.5. The average Bonchev–Trinajstić information content (AvgIpc) is 2.78. The summed E-state index contributed by atoms with van der Waals surface area (Å²) in [5, 5.41) is 5.05. The maximum absolute atomic E-state index is 12.8. The summed E-state index contributed by atoms with van der Waals surface area (Å²) in [6, 6.07) is 13.5. The predicted molar refractivity (Wildman–Crippen MR) is 113 cm³/mol. The van der Waals surface area contributed by atoms with Crippen molar-refractivity contribution in [3.05, 3.63) is 70.1 Å². The van der Waals surface area contributed by atoms with Crippen molar-refractivity contribution in [3.8, 4) is 5.75 Å². The van der Waals surface area contributed by atoms with Gasteiger partial charge in [-0.1, -0.05) is 50.1 Å². The van der Waals surface area contributed by atoms with E-state index in [1.165, 1.54) is 11.8 Å². The van der Waals surface area contributed by atoms with Crippen LogP contribution in [0.3, 0.4) is 0 Å². The Bertz CT molecular complexity index is 1120. The van der Waals surface area contributed by atoms with Crippen LogP contribution in [0.2, 0.25) is 0 Å². The van der Waals surface area contributed by atoms with Crippen molar-refractivity contribution in [1.29, 1.82) is 0 Å². The molecule has 3 aromatic rings. The zero-order valence-electron chi connectivity index (χ0n) is 17.1. The van der Waals surface area contributed by atoms with Gasteiger partial charge in [0.1, 0.15) is 5.75 Å². The smallest absolute Gasteiger partial charge is 0.359 e. The van der Waals surface area contributed by atoms with Gasteiger partial charge >= 0.3 is 5.97 Å². The molecule has 0 amide bonds. The summed E-state index contributed by atoms with van der Waals surface area (Å²) in [7, 11) is 1.47. The van der Waals surface area contributed by atoms with Crippen LogP contribution in [0.15, 0.2) is 53.3 Å². The number of hydrogen-bond donors (Lipinski definition) is 0. The third-order valence-electron chi connectivity index (χ3n) is 4.78. The minimum absolute atomic E-state index is 0.0227. The van der Waals surface area contributed by atoms with E-state index in [2.05, 4.69) is 12.0 Å². The number of ether oxygens (including phenoxy) is 2. The minimum Gasteiger partial charge on any atom is -0.496 e. The summed E-state index contributed by atoms with van der Waals surface area (Å²) >= 11 is 0. The number of carbonyl (C=O) groups excluding carboxylic acids is 2. The molecule has 0 radical (unpaired) electrons. The molecule has 7 heteroatoms. The monoisotopic (exact) mass is 408 g/mol. The van der Waals surface area contributed by atoms with E-state index in [1.807, 2.05) is 0 Å². The predicted octanol–water partition coefficient (Wildman–Crippen LogP) is 3.64. The Morgan fingerprint density at radius 1 is 1.00 bits per heavy atom. The van der Waals surface area contributed by atoms with Gasteiger partial charge in [0.15, 0.2) is 12.3 Å². The highest BCUT2D eigenvalue weighted by Crippen LogP contribution is 2.19. The molecule has 1 aromatic heterocycles. The van der Waals surface area contributed by atoms with Crippen molar-refractivity contribution in [2.24, 2.45) is 0 Å². The zero-order chi connectivity index (χ0) is 21.5. The van der Waals surface area contributed by atoms with Gasteiger partial charge in [0.05, 0.1) is 18.1 Å². The Kier molecular flexibility index (Phi) is 6.95. The van der Waals surface area contributed by atoms with E-state index in [1.54, 1.807) is 48.5 Å². The van der Waals surface area contributed by atoms with Gasteiger partial charge in [0.2, 0.25) is 5.78 Å². The van der Waals surface area contributed by atoms with Crippen molar-refractivity contribution in [3.63, 3.8) is 0 Å². The Morgan fingerprint density at radius 2 is 1.70 bits per heavy atom. The second kappa shape index (κ2) is 9.82. The number of methoxy groups -OCH3 is 1. The Hall–Kier alpha value is -3.48. The van der Waals surface area contributed by atoms with Crippen LogP contribution >= 0.6 is 0 Å². The fourth-order valence-electron chi connectivity index (χ4n) is 3.20. The molecular weight excluding hydrogens is 384 g/mol. The lowest BCUT2D eigenvalue weighted by Gasteiger charge is -2.11. The SMILES string of the molecule is CCCCCn1nc(C(=O)OCC(=O)c2ccccc2OC)c2ccccc2c1=O. The number of esters is 1. The highest BCUT2D eigenvalue weighted by Gasteiger charge is 2.20. The van der Waals surface area contributed by atoms with Gasteiger partial charge in [-0.2, -0.15) is 5.10 Å². The first-order valence-electron chi connectivity index (χ1n) is 9.90. The average molecular weight is 408 g/mol. The van der Waals surface area contributed by atoms with Gasteiger partial charge < -0.3 is 9.47 Å². The fourth-order valence-corrected chi connectivity index (χ4v) is 3.20. The number of hydrogen-bond acceptors (Lipinski definition) is 6. The second-order valence-corrected chi connectivity index (χ2v) is 6.83. The van der Waals surface area contributed by atoms with E-state index < -0.39 is 12.6 Å². The summed E-state index contributed by atoms with van der Waals surface area (Å²) in [5.41, 5.74) is 0.105. The lowest BCUT2D eigenvalue weighted by atomic mass is 10.1. The molecule has 0 aliphatic carbocycles. The Balaban J connectivity index is 1.86. The molecule has 1 heterocycles. The molecule has 0 N–H and O–H groups in total. The summed E-state index contributed by atoms with van der Waals surface area (Å²) < 4.78 is 11.7. The number of para-hydroxylation sites is 1. The van der Waals surface area contributed by atoms with Gasteiger partial charge in [-0.05, 0) is 24.6 Å². The van der Waals surface area contributed by atoms with E-state index in [9.17, 15) is 14.4 Å². The molecular formula is C23H24N2O5. The topological polar surface area (TPSA) is 87.5 Å². The van der Waals surface area contributed by atoms with Gasteiger partial charge in [-0.3, -0.25) is 9.59 Å². The number of rotatable bonds is 9. The molecule has 0 aliphatic heterocycles. The van der Waals surface area contributed by atoms with Crippen molar-refractivity contribution in [2.75, 3.05) is 13.7 Å². The Labute approximate surface area is 174 Å². The first-order chi connectivity index (χ1) is 14.6. The molecule has 0 atom stereocenters. The van der Waals surface area contributed by atoms with Crippen LogP contribution < -0.4 is 10.3 Å². The number of unbranched alkanes of at least 4 members (excludes halogenated alkanes) is 2. The van der Waals surface area contributed by atoms with Crippen LogP contribution in [0.5, 0.6) is 5.75 Å². The quantitative estimate of drug-likeness (QED) is 0.305. The van der Waals surface area contributed by atoms with Crippen molar-refractivity contribution < 1.29 is 19.1 Å². The van der Waals surface area contributed by atoms with E-state index in [0.717, 1.165) is 19.3 Å². The summed E-state index contributed by atoms with van der Waals surface area (Å²) in [6.07, 6.45) is 2.74. The van der Waals surface area contributed by atoms with Gasteiger partial charge in [-0.25, -0.2) is 9.48 Å².